The van der Waals surface area contributed by atoms with E-state index in [1.54, 1.807) is 0 Å². The van der Waals surface area contributed by atoms with Crippen LogP contribution in [0.15, 0.2) is 9.95 Å². The Labute approximate surface area is 143 Å². The Balaban J connectivity index is 2.15. The molecule has 2 aromatic heterocycles. The lowest BCUT2D eigenvalue weighted by molar-refractivity contribution is -0.301. The van der Waals surface area contributed by atoms with E-state index in [0.29, 0.717) is 11.8 Å². The molecule has 0 unspecified atom stereocenters. The summed E-state index contributed by atoms with van der Waals surface area (Å²) < 4.78 is 6.58. The number of imidazole rings is 1. The summed E-state index contributed by atoms with van der Waals surface area (Å²) >= 11 is 0.715. The molecule has 0 amide bonds. The number of carbonyl (C=O) groups is 1. The third-order valence-corrected chi connectivity index (χ3v) is 4.55. The minimum atomic E-state index is -1.47. The molecule has 0 bridgehead atoms. The molecule has 12 nitrogen and oxygen atoms in total. The number of carboxylic acid groups (broad SMARTS) is 1. The van der Waals surface area contributed by atoms with E-state index in [1.807, 2.05) is 0 Å². The number of aromatic nitrogens is 4. The van der Waals surface area contributed by atoms with Crippen molar-refractivity contribution in [2.75, 3.05) is 18.1 Å². The van der Waals surface area contributed by atoms with Crippen LogP contribution in [0.3, 0.4) is 0 Å². The lowest BCUT2D eigenvalue weighted by atomic mass is 10.1. The van der Waals surface area contributed by atoms with Crippen molar-refractivity contribution < 1.29 is 30.0 Å². The molecule has 13 heteroatoms. The molecule has 3 rings (SSSR count). The Kier molecular flexibility index (Phi) is 4.66. The largest absolute Gasteiger partial charge is 0.549 e. The minimum absolute atomic E-state index is 0.00219. The van der Waals surface area contributed by atoms with Crippen LogP contribution in [0.5, 0.6) is 0 Å². The van der Waals surface area contributed by atoms with Gasteiger partial charge in [-0.15, -0.1) is 0 Å². The van der Waals surface area contributed by atoms with Crippen molar-refractivity contribution in [3.05, 3.63) is 10.4 Å². The summed E-state index contributed by atoms with van der Waals surface area (Å²) in [7, 11) is 0. The van der Waals surface area contributed by atoms with Crippen LogP contribution in [-0.2, 0) is 9.53 Å². The fourth-order valence-electron chi connectivity index (χ4n) is 2.53. The van der Waals surface area contributed by atoms with Crippen molar-refractivity contribution in [3.8, 4) is 0 Å². The molecule has 25 heavy (non-hydrogen) atoms. The number of hydrogen-bond acceptors (Lipinski definition) is 11. The van der Waals surface area contributed by atoms with Gasteiger partial charge < -0.3 is 35.7 Å². The number of ether oxygens (including phenoxy) is 1. The first kappa shape index (κ1) is 17.6. The summed E-state index contributed by atoms with van der Waals surface area (Å²) in [5, 5.41) is 40.1. The fraction of sp³-hybridized carbons (Fsp3) is 0.500. The van der Waals surface area contributed by atoms with Gasteiger partial charge >= 0.3 is 0 Å². The highest BCUT2D eigenvalue weighted by molar-refractivity contribution is 7.99. The second kappa shape index (κ2) is 6.61. The smallest absolute Gasteiger partial charge is 0.280 e. The van der Waals surface area contributed by atoms with Crippen LogP contribution >= 0.6 is 11.8 Å². The Hall–Kier alpha value is -2.19. The quantitative estimate of drug-likeness (QED) is 0.322. The average molecular weight is 372 g/mol. The standard InChI is InChI=1S/C12H15N5O7S/c13-11-15-8-5(9(23)16-11)14-12(25-2-4(19)20)17(8)10-7(22)6(21)3(1-18)24-10/h3,6-7,10,18,21-22H,1-2H2,(H,19,20)(H3,13,15,16,23)/p-1/t3-,6-,7-,10-/m0/s1. The number of aliphatic carboxylic acids is 1. The summed E-state index contributed by atoms with van der Waals surface area (Å²) in [6, 6.07) is 0. The van der Waals surface area contributed by atoms with Crippen LogP contribution in [0.25, 0.3) is 11.2 Å². The van der Waals surface area contributed by atoms with Gasteiger partial charge in [0.1, 0.15) is 18.3 Å². The summed E-state index contributed by atoms with van der Waals surface area (Å²) in [6.07, 6.45) is -5.20. The van der Waals surface area contributed by atoms with Gasteiger partial charge in [0.25, 0.3) is 5.56 Å². The number of fused-ring (bicyclic) bond motifs is 1. The predicted octanol–water partition coefficient (Wildman–Crippen LogP) is -3.84. The number of anilines is 1. The number of nitrogens with one attached hydrogen (secondary N) is 1. The molecule has 1 saturated heterocycles. The molecule has 1 aliphatic rings. The summed E-state index contributed by atoms with van der Waals surface area (Å²) in [5.74, 6) is -2.07. The van der Waals surface area contributed by atoms with Gasteiger partial charge in [-0.05, 0) is 0 Å². The van der Waals surface area contributed by atoms with Gasteiger partial charge in [-0.3, -0.25) is 14.3 Å². The second-order valence-corrected chi connectivity index (χ2v) is 6.22. The molecule has 2 aromatic rings. The van der Waals surface area contributed by atoms with Crippen LogP contribution in [0.2, 0.25) is 0 Å². The number of nitrogens with two attached hydrogens (primary N) is 1. The van der Waals surface area contributed by atoms with Crippen LogP contribution in [0.4, 0.5) is 5.95 Å². The molecule has 0 aliphatic carbocycles. The highest BCUT2D eigenvalue weighted by atomic mass is 32.2. The highest BCUT2D eigenvalue weighted by Crippen LogP contribution is 2.35. The van der Waals surface area contributed by atoms with Crippen molar-refractivity contribution in [2.45, 2.75) is 29.7 Å². The maximum Gasteiger partial charge on any atom is 0.280 e. The number of rotatable bonds is 5. The Bertz CT molecular complexity index is 867. The zero-order valence-corrected chi connectivity index (χ0v) is 13.3. The molecule has 1 aliphatic heterocycles. The Morgan fingerprint density at radius 3 is 2.72 bits per heavy atom. The Morgan fingerprint density at radius 2 is 2.12 bits per heavy atom. The van der Waals surface area contributed by atoms with Gasteiger partial charge in [0, 0.05) is 5.75 Å². The van der Waals surface area contributed by atoms with Gasteiger partial charge in [-0.1, -0.05) is 11.8 Å². The van der Waals surface area contributed by atoms with E-state index < -0.39 is 48.4 Å². The number of aromatic amines is 1. The van der Waals surface area contributed by atoms with Gasteiger partial charge in [0.15, 0.2) is 22.5 Å². The third-order valence-electron chi connectivity index (χ3n) is 3.63. The summed E-state index contributed by atoms with van der Waals surface area (Å²) in [5.41, 5.74) is 4.66. The lowest BCUT2D eigenvalue weighted by Gasteiger charge is -2.19. The molecular formula is C12H14N5O7S-. The SMILES string of the molecule is Nc1nc2c(nc(SCC(=O)[O-])n2[C@H]2O[C@@H](CO)[C@H](O)[C@@H]2O)c(=O)[nH]1. The number of nitrogen functional groups attached to an aromatic ring is 1. The van der Waals surface area contributed by atoms with Crippen molar-refractivity contribution >= 4 is 34.8 Å². The van der Waals surface area contributed by atoms with E-state index in [0.717, 1.165) is 4.57 Å². The number of nitrogens with zero attached hydrogens (tertiary/aromatic N) is 3. The van der Waals surface area contributed by atoms with Crippen LogP contribution in [0.1, 0.15) is 6.23 Å². The maximum atomic E-state index is 12.0. The van der Waals surface area contributed by atoms with Gasteiger partial charge in [-0.2, -0.15) is 4.98 Å². The molecule has 0 spiro atoms. The summed E-state index contributed by atoms with van der Waals surface area (Å²) in [6.45, 7) is -0.557. The van der Waals surface area contributed by atoms with Crippen LogP contribution in [0, 0.1) is 0 Å². The normalized spacial score (nSPS) is 26.4. The van der Waals surface area contributed by atoms with E-state index in [-0.39, 0.29) is 22.3 Å². The average Bonchev–Trinajstić information content (AvgIpc) is 3.04. The number of H-pyrrole nitrogens is 1. The van der Waals surface area contributed by atoms with Crippen molar-refractivity contribution in [1.29, 1.82) is 0 Å². The first-order chi connectivity index (χ1) is 11.8. The molecule has 1 fully saturated rings. The van der Waals surface area contributed by atoms with E-state index in [1.165, 1.54) is 0 Å². The fourth-order valence-corrected chi connectivity index (χ4v) is 3.26. The molecule has 0 saturated carbocycles. The molecule has 4 atom stereocenters. The zero-order chi connectivity index (χ0) is 18.3. The number of aliphatic hydroxyl groups is 3. The molecule has 6 N–H and O–H groups in total. The van der Waals surface area contributed by atoms with Gasteiger partial charge in [0.05, 0.1) is 12.6 Å². The number of thioether (sulfide) groups is 1. The van der Waals surface area contributed by atoms with Crippen LogP contribution < -0.4 is 16.4 Å². The number of carbonyl (C=O) groups excluding carboxylic acids is 1. The van der Waals surface area contributed by atoms with E-state index in [9.17, 15) is 30.0 Å². The third kappa shape index (κ3) is 3.07. The predicted molar refractivity (Wildman–Crippen MR) is 81.3 cm³/mol. The zero-order valence-electron chi connectivity index (χ0n) is 12.5. The van der Waals surface area contributed by atoms with E-state index >= 15 is 0 Å². The Morgan fingerprint density at radius 1 is 1.40 bits per heavy atom. The molecule has 3 heterocycles. The first-order valence-corrected chi connectivity index (χ1v) is 8.05. The number of hydrogen-bond donors (Lipinski definition) is 5. The van der Waals surface area contributed by atoms with Gasteiger partial charge in [0.2, 0.25) is 5.95 Å². The van der Waals surface area contributed by atoms with E-state index in [4.69, 9.17) is 10.5 Å². The first-order valence-electron chi connectivity index (χ1n) is 7.06. The van der Waals surface area contributed by atoms with Crippen molar-refractivity contribution in [1.82, 2.24) is 19.5 Å². The molecule has 0 aromatic carbocycles. The monoisotopic (exact) mass is 372 g/mol. The molecule has 0 radical (unpaired) electrons. The van der Waals surface area contributed by atoms with E-state index in [2.05, 4.69) is 15.0 Å². The number of carboxylic acids is 1. The highest BCUT2D eigenvalue weighted by Gasteiger charge is 2.45. The molecular weight excluding hydrogens is 358 g/mol. The topological polar surface area (TPSA) is 200 Å². The second-order valence-electron chi connectivity index (χ2n) is 5.28. The number of aliphatic hydroxyl groups excluding tert-OH is 3. The van der Waals surface area contributed by atoms with Gasteiger partial charge in [-0.25, -0.2) is 4.98 Å². The lowest BCUT2D eigenvalue weighted by Crippen LogP contribution is -2.33. The van der Waals surface area contributed by atoms with Crippen LogP contribution in [-0.4, -0.2) is 71.5 Å². The molecule has 136 valence electrons. The summed E-state index contributed by atoms with van der Waals surface area (Å²) in [4.78, 5) is 33.0. The van der Waals surface area contributed by atoms with Crippen molar-refractivity contribution in [3.63, 3.8) is 0 Å². The maximum absolute atomic E-state index is 12.0. The van der Waals surface area contributed by atoms with Crippen molar-refractivity contribution in [2.24, 2.45) is 0 Å². The minimum Gasteiger partial charge on any atom is -0.549 e.